The van der Waals surface area contributed by atoms with E-state index in [1.165, 1.54) is 23.1 Å². The molecule has 2 aromatic carbocycles. The third-order valence-corrected chi connectivity index (χ3v) is 3.45. The van der Waals surface area contributed by atoms with Gasteiger partial charge in [0.05, 0.1) is 0 Å². The zero-order chi connectivity index (χ0) is 14.2. The summed E-state index contributed by atoms with van der Waals surface area (Å²) < 4.78 is 0. The van der Waals surface area contributed by atoms with Crippen molar-refractivity contribution in [2.75, 3.05) is 6.54 Å². The van der Waals surface area contributed by atoms with Gasteiger partial charge in [-0.25, -0.2) is 0 Å². The van der Waals surface area contributed by atoms with Crippen molar-refractivity contribution in [3.8, 4) is 0 Å². The Morgan fingerprint density at radius 3 is 1.90 bits per heavy atom. The van der Waals surface area contributed by atoms with Gasteiger partial charge in [-0.05, 0) is 29.7 Å². The smallest absolute Gasteiger partial charge is 0.0237 e. The molecule has 0 atom stereocenters. The molecule has 0 aliphatic carbocycles. The van der Waals surface area contributed by atoms with Crippen LogP contribution in [0.25, 0.3) is 0 Å². The van der Waals surface area contributed by atoms with Crippen LogP contribution >= 0.6 is 0 Å². The van der Waals surface area contributed by atoms with E-state index in [-0.39, 0.29) is 0 Å². The third kappa shape index (κ3) is 4.48. The van der Waals surface area contributed by atoms with Gasteiger partial charge in [-0.1, -0.05) is 61.5 Å². The van der Waals surface area contributed by atoms with E-state index in [4.69, 9.17) is 5.73 Å². The molecule has 0 bridgehead atoms. The Balaban J connectivity index is 2.00. The van der Waals surface area contributed by atoms with Gasteiger partial charge < -0.3 is 5.73 Å². The first-order chi connectivity index (χ1) is 9.81. The Bertz CT molecular complexity index is 491. The predicted octanol–water partition coefficient (Wildman–Crippen LogP) is 3.56. The van der Waals surface area contributed by atoms with Gasteiger partial charge in [0.1, 0.15) is 0 Å². The Hall–Kier alpha value is -1.64. The number of hydrogen-bond donors (Lipinski definition) is 1. The van der Waals surface area contributed by atoms with Crippen LogP contribution in [-0.4, -0.2) is 11.4 Å². The van der Waals surface area contributed by atoms with Crippen LogP contribution in [0.4, 0.5) is 0 Å². The maximum Gasteiger partial charge on any atom is 0.0237 e. The fourth-order valence-electron chi connectivity index (χ4n) is 2.41. The quantitative estimate of drug-likeness (QED) is 0.832. The molecule has 0 aliphatic heterocycles. The molecule has 0 heterocycles. The Morgan fingerprint density at radius 1 is 0.800 bits per heavy atom. The largest absolute Gasteiger partial charge is 0.326 e. The molecule has 0 saturated heterocycles. The summed E-state index contributed by atoms with van der Waals surface area (Å²) in [6.07, 6.45) is 1.17. The van der Waals surface area contributed by atoms with Crippen molar-refractivity contribution < 1.29 is 0 Å². The molecule has 2 N–H and O–H groups in total. The van der Waals surface area contributed by atoms with E-state index < -0.39 is 0 Å². The van der Waals surface area contributed by atoms with Crippen molar-refractivity contribution in [2.24, 2.45) is 5.73 Å². The summed E-state index contributed by atoms with van der Waals surface area (Å²) >= 11 is 0. The first-order valence-electron chi connectivity index (χ1n) is 7.36. The van der Waals surface area contributed by atoms with Crippen molar-refractivity contribution in [1.82, 2.24) is 4.90 Å². The van der Waals surface area contributed by atoms with Crippen LogP contribution in [-0.2, 0) is 19.6 Å². The van der Waals surface area contributed by atoms with Gasteiger partial charge in [0.25, 0.3) is 0 Å². The zero-order valence-corrected chi connectivity index (χ0v) is 12.3. The second kappa shape index (κ2) is 7.83. The zero-order valence-electron chi connectivity index (χ0n) is 12.3. The van der Waals surface area contributed by atoms with Gasteiger partial charge in [0.15, 0.2) is 0 Å². The molecule has 0 unspecified atom stereocenters. The Morgan fingerprint density at radius 2 is 1.35 bits per heavy atom. The number of rotatable bonds is 7. The van der Waals surface area contributed by atoms with Crippen molar-refractivity contribution >= 4 is 0 Å². The molecule has 0 fully saturated rings. The molecule has 2 heteroatoms. The summed E-state index contributed by atoms with van der Waals surface area (Å²) in [6.45, 7) is 5.97. The maximum atomic E-state index is 5.64. The summed E-state index contributed by atoms with van der Waals surface area (Å²) in [5, 5.41) is 0. The summed E-state index contributed by atoms with van der Waals surface area (Å²) in [6, 6.07) is 19.3. The third-order valence-electron chi connectivity index (χ3n) is 3.45. The average molecular weight is 268 g/mol. The lowest BCUT2D eigenvalue weighted by Crippen LogP contribution is -2.23. The molecule has 2 aromatic rings. The molecule has 0 saturated carbocycles. The lowest BCUT2D eigenvalue weighted by atomic mass is 10.1. The minimum Gasteiger partial charge on any atom is -0.326 e. The standard InChI is InChI=1S/C18H24N2/c1-2-12-20(14-17-6-4-3-5-7-17)15-18-10-8-16(13-19)9-11-18/h3-11H,2,12-15,19H2,1H3. The van der Waals surface area contributed by atoms with E-state index >= 15 is 0 Å². The first-order valence-corrected chi connectivity index (χ1v) is 7.36. The first kappa shape index (κ1) is 14.8. The maximum absolute atomic E-state index is 5.64. The second-order valence-corrected chi connectivity index (χ2v) is 5.22. The monoisotopic (exact) mass is 268 g/mol. The van der Waals surface area contributed by atoms with Gasteiger partial charge in [-0.2, -0.15) is 0 Å². The molecule has 0 amide bonds. The fraction of sp³-hybridized carbons (Fsp3) is 0.333. The van der Waals surface area contributed by atoms with E-state index in [1.54, 1.807) is 0 Å². The molecule has 0 aliphatic rings. The van der Waals surface area contributed by atoms with Gasteiger partial charge in [-0.15, -0.1) is 0 Å². The SMILES string of the molecule is CCCN(Cc1ccccc1)Cc1ccc(CN)cc1. The van der Waals surface area contributed by atoms with Gasteiger partial charge in [0.2, 0.25) is 0 Å². The average Bonchev–Trinajstić information content (AvgIpc) is 2.49. The summed E-state index contributed by atoms with van der Waals surface area (Å²) in [5.41, 5.74) is 9.56. The highest BCUT2D eigenvalue weighted by Gasteiger charge is 2.06. The normalized spacial score (nSPS) is 10.9. The minimum absolute atomic E-state index is 0.614. The lowest BCUT2D eigenvalue weighted by molar-refractivity contribution is 0.257. The molecule has 0 radical (unpaired) electrons. The van der Waals surface area contributed by atoms with Crippen LogP contribution in [0.2, 0.25) is 0 Å². The number of nitrogens with two attached hydrogens (primary N) is 1. The molecule has 2 nitrogen and oxygen atoms in total. The van der Waals surface area contributed by atoms with E-state index in [9.17, 15) is 0 Å². The van der Waals surface area contributed by atoms with Crippen molar-refractivity contribution in [2.45, 2.75) is 33.0 Å². The highest BCUT2D eigenvalue weighted by atomic mass is 15.1. The van der Waals surface area contributed by atoms with E-state index in [0.29, 0.717) is 6.54 Å². The highest BCUT2D eigenvalue weighted by molar-refractivity contribution is 5.22. The topological polar surface area (TPSA) is 29.3 Å². The van der Waals surface area contributed by atoms with Crippen LogP contribution in [0.1, 0.15) is 30.0 Å². The number of hydrogen-bond acceptors (Lipinski definition) is 2. The highest BCUT2D eigenvalue weighted by Crippen LogP contribution is 2.11. The van der Waals surface area contributed by atoms with Crippen LogP contribution < -0.4 is 5.73 Å². The molecule has 20 heavy (non-hydrogen) atoms. The van der Waals surface area contributed by atoms with Crippen molar-refractivity contribution in [3.63, 3.8) is 0 Å². The van der Waals surface area contributed by atoms with E-state index in [0.717, 1.165) is 19.6 Å². The molecule has 0 spiro atoms. The van der Waals surface area contributed by atoms with Gasteiger partial charge in [0, 0.05) is 19.6 Å². The summed E-state index contributed by atoms with van der Waals surface area (Å²) in [7, 11) is 0. The van der Waals surface area contributed by atoms with Crippen molar-refractivity contribution in [1.29, 1.82) is 0 Å². The van der Waals surface area contributed by atoms with Crippen LogP contribution in [0, 0.1) is 0 Å². The molecule has 106 valence electrons. The number of nitrogens with zero attached hydrogens (tertiary/aromatic N) is 1. The van der Waals surface area contributed by atoms with Crippen LogP contribution in [0.3, 0.4) is 0 Å². The Kier molecular flexibility index (Phi) is 5.78. The summed E-state index contributed by atoms with van der Waals surface area (Å²) in [4.78, 5) is 2.49. The molecular weight excluding hydrogens is 244 g/mol. The van der Waals surface area contributed by atoms with Crippen LogP contribution in [0.15, 0.2) is 54.6 Å². The molecule has 0 aromatic heterocycles. The van der Waals surface area contributed by atoms with Gasteiger partial charge >= 0.3 is 0 Å². The minimum atomic E-state index is 0.614. The van der Waals surface area contributed by atoms with E-state index in [1.807, 2.05) is 0 Å². The molecule has 2 rings (SSSR count). The fourth-order valence-corrected chi connectivity index (χ4v) is 2.41. The second-order valence-electron chi connectivity index (χ2n) is 5.22. The predicted molar refractivity (Wildman–Crippen MR) is 85.2 cm³/mol. The van der Waals surface area contributed by atoms with E-state index in [2.05, 4.69) is 66.4 Å². The Labute approximate surface area is 122 Å². The van der Waals surface area contributed by atoms with Gasteiger partial charge in [-0.3, -0.25) is 4.90 Å². The molecular formula is C18H24N2. The van der Waals surface area contributed by atoms with Crippen molar-refractivity contribution in [3.05, 3.63) is 71.3 Å². The lowest BCUT2D eigenvalue weighted by Gasteiger charge is -2.22. The van der Waals surface area contributed by atoms with Crippen LogP contribution in [0.5, 0.6) is 0 Å². The number of benzene rings is 2. The summed E-state index contributed by atoms with van der Waals surface area (Å²) in [5.74, 6) is 0.